The van der Waals surface area contributed by atoms with E-state index in [-0.39, 0.29) is 0 Å². The first-order chi connectivity index (χ1) is 9.12. The molecule has 1 aromatic carbocycles. The van der Waals surface area contributed by atoms with Crippen LogP contribution in [0.15, 0.2) is 18.2 Å². The van der Waals surface area contributed by atoms with Crippen molar-refractivity contribution in [3.05, 3.63) is 23.8 Å². The zero-order valence-corrected chi connectivity index (χ0v) is 11.6. The Hall–Kier alpha value is -1.75. The average Bonchev–Trinajstić information content (AvgIpc) is 2.41. The van der Waals surface area contributed by atoms with Crippen molar-refractivity contribution < 1.29 is 19.0 Å². The van der Waals surface area contributed by atoms with Crippen molar-refractivity contribution in [2.45, 2.75) is 26.3 Å². The van der Waals surface area contributed by atoms with Gasteiger partial charge in [0, 0.05) is 6.42 Å². The van der Waals surface area contributed by atoms with E-state index in [9.17, 15) is 4.79 Å². The quantitative estimate of drug-likeness (QED) is 0.758. The molecule has 0 aliphatic carbocycles. The largest absolute Gasteiger partial charge is 0.494 e. The van der Waals surface area contributed by atoms with Crippen LogP contribution in [-0.4, -0.2) is 32.3 Å². The van der Waals surface area contributed by atoms with Crippen LogP contribution < -0.4 is 15.2 Å². The van der Waals surface area contributed by atoms with Crippen molar-refractivity contribution in [2.75, 3.05) is 20.3 Å². The summed E-state index contributed by atoms with van der Waals surface area (Å²) in [5, 5.41) is 0. The number of carbonyl (C=O) groups excluding carboxylic acids is 1. The van der Waals surface area contributed by atoms with Crippen LogP contribution in [0.25, 0.3) is 0 Å². The van der Waals surface area contributed by atoms with E-state index in [0.717, 1.165) is 11.3 Å². The lowest BCUT2D eigenvalue weighted by molar-refractivity contribution is -0.142. The molecule has 0 aromatic heterocycles. The predicted molar refractivity (Wildman–Crippen MR) is 72.5 cm³/mol. The Balaban J connectivity index is 2.92. The molecule has 0 radical (unpaired) electrons. The summed E-state index contributed by atoms with van der Waals surface area (Å²) in [6, 6.07) is 4.80. The molecule has 0 heterocycles. The molecule has 2 N–H and O–H groups in total. The molecule has 5 nitrogen and oxygen atoms in total. The first-order valence-electron chi connectivity index (χ1n) is 6.34. The number of esters is 1. The molecule has 19 heavy (non-hydrogen) atoms. The molecule has 0 amide bonds. The van der Waals surface area contributed by atoms with Crippen LogP contribution in [0.3, 0.4) is 0 Å². The lowest BCUT2D eigenvalue weighted by Gasteiger charge is -2.15. The Bertz CT molecular complexity index is 420. The third-order valence-corrected chi connectivity index (χ3v) is 2.59. The van der Waals surface area contributed by atoms with E-state index in [4.69, 9.17) is 15.2 Å². The fraction of sp³-hybridized carbons (Fsp3) is 0.500. The summed E-state index contributed by atoms with van der Waals surface area (Å²) in [5.41, 5.74) is 6.62. The molecule has 0 spiro atoms. The maximum atomic E-state index is 11.4. The minimum Gasteiger partial charge on any atom is -0.494 e. The van der Waals surface area contributed by atoms with Crippen LogP contribution in [0.1, 0.15) is 19.4 Å². The Morgan fingerprint density at radius 3 is 2.53 bits per heavy atom. The minimum absolute atomic E-state index is 0.350. The first-order valence-corrected chi connectivity index (χ1v) is 6.34. The third kappa shape index (κ3) is 4.44. The molecule has 1 atom stereocenters. The summed E-state index contributed by atoms with van der Waals surface area (Å²) in [5.74, 6) is 1.01. The van der Waals surface area contributed by atoms with Crippen LogP contribution in [0.4, 0.5) is 0 Å². The molecular formula is C14H21NO4. The van der Waals surface area contributed by atoms with Gasteiger partial charge in [0.1, 0.15) is 17.5 Å². The SMILES string of the molecule is CCOc1ccc(OCC)c(CC(N)C(=O)OC)c1. The van der Waals surface area contributed by atoms with Gasteiger partial charge in [-0.25, -0.2) is 0 Å². The van der Waals surface area contributed by atoms with E-state index in [1.807, 2.05) is 32.0 Å². The second-order valence-electron chi connectivity index (χ2n) is 3.97. The molecule has 1 rings (SSSR count). The van der Waals surface area contributed by atoms with E-state index >= 15 is 0 Å². The van der Waals surface area contributed by atoms with E-state index in [1.54, 1.807) is 0 Å². The van der Waals surface area contributed by atoms with Crippen molar-refractivity contribution in [1.29, 1.82) is 0 Å². The Morgan fingerprint density at radius 2 is 1.95 bits per heavy atom. The van der Waals surface area contributed by atoms with Crippen molar-refractivity contribution in [3.63, 3.8) is 0 Å². The number of hydrogen-bond acceptors (Lipinski definition) is 5. The van der Waals surface area contributed by atoms with Crippen LogP contribution in [0.5, 0.6) is 11.5 Å². The summed E-state index contributed by atoms with van der Waals surface area (Å²) >= 11 is 0. The molecular weight excluding hydrogens is 246 g/mol. The average molecular weight is 267 g/mol. The summed E-state index contributed by atoms with van der Waals surface area (Å²) in [4.78, 5) is 11.4. The van der Waals surface area contributed by atoms with Crippen LogP contribution in [0.2, 0.25) is 0 Å². The molecule has 1 aromatic rings. The molecule has 0 fully saturated rings. The van der Waals surface area contributed by atoms with Gasteiger partial charge in [-0.15, -0.1) is 0 Å². The fourth-order valence-corrected chi connectivity index (χ4v) is 1.74. The molecule has 0 aliphatic rings. The van der Waals surface area contributed by atoms with Crippen LogP contribution >= 0.6 is 0 Å². The van der Waals surface area contributed by atoms with Gasteiger partial charge in [0.2, 0.25) is 0 Å². The highest BCUT2D eigenvalue weighted by Crippen LogP contribution is 2.25. The molecule has 0 bridgehead atoms. The summed E-state index contributed by atoms with van der Waals surface area (Å²) in [6.45, 7) is 4.95. The van der Waals surface area contributed by atoms with Gasteiger partial charge >= 0.3 is 5.97 Å². The second kappa shape index (κ2) is 7.63. The van der Waals surface area contributed by atoms with Gasteiger partial charge in [-0.2, -0.15) is 0 Å². The van der Waals surface area contributed by atoms with E-state index in [1.165, 1.54) is 7.11 Å². The maximum absolute atomic E-state index is 11.4. The van der Waals surface area contributed by atoms with Gasteiger partial charge in [-0.3, -0.25) is 4.79 Å². The van der Waals surface area contributed by atoms with Gasteiger partial charge in [-0.1, -0.05) is 0 Å². The normalized spacial score (nSPS) is 11.8. The summed E-state index contributed by atoms with van der Waals surface area (Å²) in [6.07, 6.45) is 0.350. The predicted octanol–water partition coefficient (Wildman–Crippen LogP) is 1.53. The molecule has 0 aliphatic heterocycles. The van der Waals surface area contributed by atoms with E-state index < -0.39 is 12.0 Å². The second-order valence-corrected chi connectivity index (χ2v) is 3.97. The molecule has 1 unspecified atom stereocenters. The number of benzene rings is 1. The van der Waals surface area contributed by atoms with Crippen LogP contribution in [0, 0.1) is 0 Å². The molecule has 0 saturated heterocycles. The lowest BCUT2D eigenvalue weighted by Crippen LogP contribution is -2.33. The number of ether oxygens (including phenoxy) is 3. The van der Waals surface area contributed by atoms with Crippen molar-refractivity contribution in [3.8, 4) is 11.5 Å². The smallest absolute Gasteiger partial charge is 0.322 e. The highest BCUT2D eigenvalue weighted by Gasteiger charge is 2.17. The highest BCUT2D eigenvalue weighted by molar-refractivity contribution is 5.75. The van der Waals surface area contributed by atoms with Gasteiger partial charge < -0.3 is 19.9 Å². The number of nitrogens with two attached hydrogens (primary N) is 1. The summed E-state index contributed by atoms with van der Waals surface area (Å²) in [7, 11) is 1.32. The number of rotatable bonds is 7. The summed E-state index contributed by atoms with van der Waals surface area (Å²) < 4.78 is 15.6. The van der Waals surface area contributed by atoms with Crippen molar-refractivity contribution in [1.82, 2.24) is 0 Å². The fourth-order valence-electron chi connectivity index (χ4n) is 1.74. The zero-order valence-electron chi connectivity index (χ0n) is 11.6. The lowest BCUT2D eigenvalue weighted by atomic mass is 10.1. The van der Waals surface area contributed by atoms with Crippen molar-refractivity contribution >= 4 is 5.97 Å². The number of methoxy groups -OCH3 is 1. The monoisotopic (exact) mass is 267 g/mol. The van der Waals surface area contributed by atoms with Gasteiger partial charge in [0.15, 0.2) is 0 Å². The topological polar surface area (TPSA) is 70.8 Å². The Morgan fingerprint density at radius 1 is 1.26 bits per heavy atom. The van der Waals surface area contributed by atoms with Crippen molar-refractivity contribution in [2.24, 2.45) is 5.73 Å². The van der Waals surface area contributed by atoms with Gasteiger partial charge in [-0.05, 0) is 37.6 Å². The number of hydrogen-bond donors (Lipinski definition) is 1. The van der Waals surface area contributed by atoms with E-state index in [2.05, 4.69) is 4.74 Å². The van der Waals surface area contributed by atoms with E-state index in [0.29, 0.717) is 25.4 Å². The Labute approximate surface area is 113 Å². The Kier molecular flexibility index (Phi) is 6.15. The zero-order chi connectivity index (χ0) is 14.3. The first kappa shape index (κ1) is 15.3. The standard InChI is InChI=1S/C14H21NO4/c1-4-18-11-6-7-13(19-5-2)10(8-11)9-12(15)14(16)17-3/h6-8,12H,4-5,9,15H2,1-3H3. The molecule has 106 valence electrons. The van der Waals surface area contributed by atoms with Crippen LogP contribution in [-0.2, 0) is 16.0 Å². The molecule has 0 saturated carbocycles. The van der Waals surface area contributed by atoms with Gasteiger partial charge in [0.05, 0.1) is 20.3 Å². The minimum atomic E-state index is -0.707. The third-order valence-electron chi connectivity index (χ3n) is 2.59. The highest BCUT2D eigenvalue weighted by atomic mass is 16.5. The molecule has 5 heteroatoms. The number of carbonyl (C=O) groups is 1. The van der Waals surface area contributed by atoms with Gasteiger partial charge in [0.25, 0.3) is 0 Å². The maximum Gasteiger partial charge on any atom is 0.322 e.